The summed E-state index contributed by atoms with van der Waals surface area (Å²) in [7, 11) is 1.08. The molecule has 2 rings (SSSR count). The van der Waals surface area contributed by atoms with Crippen LogP contribution in [-0.4, -0.2) is 41.5 Å². The molecule has 1 aliphatic rings. The van der Waals surface area contributed by atoms with Crippen molar-refractivity contribution in [3.8, 4) is 5.75 Å². The molecule has 2 atom stereocenters. The molecule has 0 heterocycles. The highest BCUT2D eigenvalue weighted by molar-refractivity contribution is 6.30. The predicted octanol–water partition coefficient (Wildman–Crippen LogP) is 3.61. The van der Waals surface area contributed by atoms with Crippen LogP contribution in [0, 0.1) is 11.8 Å². The maximum atomic E-state index is 12.2. The van der Waals surface area contributed by atoms with Gasteiger partial charge in [0.25, 0.3) is 5.79 Å². The quantitative estimate of drug-likeness (QED) is 0.192. The smallest absolute Gasteiger partial charge is 0.366 e. The number of ketones is 1. The van der Waals surface area contributed by atoms with Crippen LogP contribution in [0.3, 0.4) is 0 Å². The van der Waals surface area contributed by atoms with Gasteiger partial charge in [-0.05, 0) is 55.5 Å². The molecule has 0 radical (unpaired) electrons. The van der Waals surface area contributed by atoms with Crippen molar-refractivity contribution in [1.82, 2.24) is 0 Å². The fourth-order valence-electron chi connectivity index (χ4n) is 3.27. The lowest BCUT2D eigenvalue weighted by Gasteiger charge is -2.15. The van der Waals surface area contributed by atoms with Gasteiger partial charge in [0.15, 0.2) is 0 Å². The normalized spacial score (nSPS) is 18.9. The SMILES string of the molecule is COC(=O)C(O)(O)CC=C=CC[C@H]1C(=O)CC[C@@H]1/C=C/CCOc1cccc(Cl)c1. The van der Waals surface area contributed by atoms with Crippen LogP contribution in [0.5, 0.6) is 5.75 Å². The average Bonchev–Trinajstić information content (AvgIpc) is 3.06. The highest BCUT2D eigenvalue weighted by Gasteiger charge is 2.33. The summed E-state index contributed by atoms with van der Waals surface area (Å²) < 4.78 is 9.95. The Morgan fingerprint density at radius 3 is 2.90 bits per heavy atom. The van der Waals surface area contributed by atoms with E-state index in [0.717, 1.165) is 25.7 Å². The Bertz CT molecular complexity index is 823. The molecule has 0 aliphatic heterocycles. The van der Waals surface area contributed by atoms with Gasteiger partial charge in [0, 0.05) is 23.8 Å². The molecular formula is C23H27ClO6. The fourth-order valence-corrected chi connectivity index (χ4v) is 3.45. The number of hydrogen-bond donors (Lipinski definition) is 2. The maximum Gasteiger partial charge on any atom is 0.366 e. The lowest BCUT2D eigenvalue weighted by Crippen LogP contribution is -2.38. The maximum absolute atomic E-state index is 12.2. The largest absolute Gasteiger partial charge is 0.493 e. The second-order valence-electron chi connectivity index (χ2n) is 7.12. The van der Waals surface area contributed by atoms with Crippen molar-refractivity contribution in [3.63, 3.8) is 0 Å². The number of hydrogen-bond acceptors (Lipinski definition) is 6. The number of Topliss-reactive ketones (excluding diaryl/α,β-unsaturated/α-hetero) is 1. The van der Waals surface area contributed by atoms with E-state index < -0.39 is 11.8 Å². The molecule has 1 aromatic carbocycles. The molecule has 0 bridgehead atoms. The summed E-state index contributed by atoms with van der Waals surface area (Å²) in [6, 6.07) is 7.24. The van der Waals surface area contributed by atoms with Gasteiger partial charge >= 0.3 is 5.97 Å². The van der Waals surface area contributed by atoms with Gasteiger partial charge in [0.2, 0.25) is 0 Å². The third-order valence-corrected chi connectivity index (χ3v) is 5.13. The van der Waals surface area contributed by atoms with E-state index in [2.05, 4.69) is 16.5 Å². The molecule has 1 saturated carbocycles. The van der Waals surface area contributed by atoms with Gasteiger partial charge in [-0.15, -0.1) is 5.73 Å². The first-order chi connectivity index (χ1) is 14.3. The number of allylic oxidation sites excluding steroid dienone is 1. The molecule has 6 nitrogen and oxygen atoms in total. The van der Waals surface area contributed by atoms with E-state index in [9.17, 15) is 19.8 Å². The highest BCUT2D eigenvalue weighted by atomic mass is 35.5. The van der Waals surface area contributed by atoms with Gasteiger partial charge in [-0.2, -0.15) is 0 Å². The van der Waals surface area contributed by atoms with Crippen LogP contribution in [0.4, 0.5) is 0 Å². The van der Waals surface area contributed by atoms with Crippen molar-refractivity contribution in [2.45, 2.75) is 37.9 Å². The number of esters is 1. The Hall–Kier alpha value is -2.37. The summed E-state index contributed by atoms with van der Waals surface area (Å²) in [4.78, 5) is 23.4. The second-order valence-corrected chi connectivity index (χ2v) is 7.56. The number of rotatable bonds is 10. The number of halogens is 1. The van der Waals surface area contributed by atoms with Gasteiger partial charge in [-0.3, -0.25) is 4.79 Å². The number of benzene rings is 1. The molecule has 2 N–H and O–H groups in total. The molecule has 0 amide bonds. The Labute approximate surface area is 181 Å². The zero-order valence-electron chi connectivity index (χ0n) is 16.9. The minimum absolute atomic E-state index is 0.121. The van der Waals surface area contributed by atoms with E-state index in [-0.39, 0.29) is 24.0 Å². The van der Waals surface area contributed by atoms with Crippen LogP contribution >= 0.6 is 11.6 Å². The van der Waals surface area contributed by atoms with Crippen LogP contribution in [0.15, 0.2) is 54.3 Å². The molecule has 162 valence electrons. The van der Waals surface area contributed by atoms with Crippen LogP contribution in [0.1, 0.15) is 32.1 Å². The summed E-state index contributed by atoms with van der Waals surface area (Å²) in [5.74, 6) is -2.72. The van der Waals surface area contributed by atoms with Crippen LogP contribution in [-0.2, 0) is 14.3 Å². The molecule has 1 fully saturated rings. The molecule has 1 aromatic rings. The Morgan fingerprint density at radius 2 is 2.17 bits per heavy atom. The molecule has 7 heteroatoms. The number of carbonyl (C=O) groups is 2. The van der Waals surface area contributed by atoms with E-state index >= 15 is 0 Å². The first kappa shape index (κ1) is 23.9. The summed E-state index contributed by atoms with van der Waals surface area (Å²) in [5.41, 5.74) is 2.80. The number of carbonyl (C=O) groups excluding carboxylic acids is 2. The molecule has 0 spiro atoms. The van der Waals surface area contributed by atoms with Gasteiger partial charge in [-0.1, -0.05) is 29.8 Å². The lowest BCUT2D eigenvalue weighted by atomic mass is 9.91. The minimum Gasteiger partial charge on any atom is -0.493 e. The first-order valence-corrected chi connectivity index (χ1v) is 10.2. The van der Waals surface area contributed by atoms with Crippen LogP contribution < -0.4 is 4.74 Å². The van der Waals surface area contributed by atoms with Crippen LogP contribution in [0.2, 0.25) is 5.02 Å². The van der Waals surface area contributed by atoms with E-state index in [1.165, 1.54) is 6.08 Å². The number of ether oxygens (including phenoxy) is 2. The fraction of sp³-hybridized carbons (Fsp3) is 0.435. The van der Waals surface area contributed by atoms with E-state index in [4.69, 9.17) is 16.3 Å². The zero-order valence-corrected chi connectivity index (χ0v) is 17.7. The molecule has 1 aliphatic carbocycles. The summed E-state index contributed by atoms with van der Waals surface area (Å²) >= 11 is 5.92. The van der Waals surface area contributed by atoms with Crippen molar-refractivity contribution < 1.29 is 29.3 Å². The standard InChI is InChI=1S/C23H27ClO6/c1-29-22(26)23(27,28)14-5-2-3-11-20-17(12-13-21(20)25)8-4-6-15-30-19-10-7-9-18(24)16-19/h3-5,7-10,16-17,20,27-28H,6,11-15H2,1H3/b8-4+/t2?,17-,20+/m0/s1. The van der Waals surface area contributed by atoms with Gasteiger partial charge in [0.05, 0.1) is 13.7 Å². The van der Waals surface area contributed by atoms with Crippen LogP contribution in [0.25, 0.3) is 0 Å². The highest BCUT2D eigenvalue weighted by Crippen LogP contribution is 2.32. The van der Waals surface area contributed by atoms with E-state index in [1.807, 2.05) is 18.2 Å². The van der Waals surface area contributed by atoms with Gasteiger partial charge in [-0.25, -0.2) is 4.79 Å². The van der Waals surface area contributed by atoms with Crippen molar-refractivity contribution in [2.75, 3.05) is 13.7 Å². The molecular weight excluding hydrogens is 408 g/mol. The minimum atomic E-state index is -2.57. The topological polar surface area (TPSA) is 93.1 Å². The van der Waals surface area contributed by atoms with Crippen molar-refractivity contribution in [3.05, 3.63) is 59.3 Å². The third-order valence-electron chi connectivity index (χ3n) is 4.89. The van der Waals surface area contributed by atoms with Gasteiger partial charge < -0.3 is 19.7 Å². The third kappa shape index (κ3) is 7.47. The second kappa shape index (κ2) is 11.7. The Balaban J connectivity index is 1.79. The van der Waals surface area contributed by atoms with Gasteiger partial charge in [0.1, 0.15) is 11.5 Å². The van der Waals surface area contributed by atoms with E-state index in [0.29, 0.717) is 24.5 Å². The average molecular weight is 435 g/mol. The summed E-state index contributed by atoms with van der Waals surface area (Å²) in [6.45, 7) is 0.523. The zero-order chi connectivity index (χ0) is 22.0. The lowest BCUT2D eigenvalue weighted by molar-refractivity contribution is -0.205. The number of methoxy groups -OCH3 is 1. The van der Waals surface area contributed by atoms with Crippen molar-refractivity contribution in [2.24, 2.45) is 11.8 Å². The Morgan fingerprint density at radius 1 is 1.37 bits per heavy atom. The van der Waals surface area contributed by atoms with Crippen molar-refractivity contribution >= 4 is 23.4 Å². The monoisotopic (exact) mass is 434 g/mol. The predicted molar refractivity (Wildman–Crippen MR) is 113 cm³/mol. The molecule has 0 aromatic heterocycles. The summed E-state index contributed by atoms with van der Waals surface area (Å²) in [5, 5.41) is 19.7. The van der Waals surface area contributed by atoms with E-state index in [1.54, 1.807) is 18.2 Å². The molecule has 30 heavy (non-hydrogen) atoms. The molecule has 0 saturated heterocycles. The van der Waals surface area contributed by atoms with Crippen molar-refractivity contribution in [1.29, 1.82) is 0 Å². The Kier molecular flexibility index (Phi) is 9.34. The molecule has 0 unspecified atom stereocenters. The summed E-state index contributed by atoms with van der Waals surface area (Å²) in [6.07, 6.45) is 9.37. The number of aliphatic hydroxyl groups is 2. The first-order valence-electron chi connectivity index (χ1n) is 9.84.